The van der Waals surface area contributed by atoms with E-state index >= 15 is 0 Å². The molecular formula is C25H34N2OPtSi2. The van der Waals surface area contributed by atoms with E-state index in [1.165, 1.54) is 26.3 Å². The first-order valence-corrected chi connectivity index (χ1v) is 17.4. The third kappa shape index (κ3) is 6.60. The molecule has 0 spiro atoms. The fourth-order valence-corrected chi connectivity index (χ4v) is 9.93. The van der Waals surface area contributed by atoms with Gasteiger partial charge in [0.15, 0.2) is 16.6 Å². The van der Waals surface area contributed by atoms with Crippen LogP contribution in [-0.2, 0) is 37.6 Å². The van der Waals surface area contributed by atoms with Crippen molar-refractivity contribution in [2.24, 2.45) is 14.1 Å². The molecule has 0 aliphatic carbocycles. The Bertz CT molecular complexity index is 1000. The molecule has 1 aromatic heterocycles. The van der Waals surface area contributed by atoms with Crippen molar-refractivity contribution in [1.82, 2.24) is 9.13 Å². The molecule has 0 bridgehead atoms. The first-order chi connectivity index (χ1) is 14.5. The van der Waals surface area contributed by atoms with Crippen LogP contribution in [0.25, 0.3) is 22.5 Å². The number of aromatic nitrogens is 2. The standard InChI is InChI=1S/C17H16N2.C8H18OSi2.Pt/c1-18-13-19(2)17(15-11-7-4-8-12-15)16(18)14-9-5-3-6-10-14;1-7-10(3,4)9-11(5,6)8-2;/h3-12H,1-2H3;7-8H,1-2H2,3-6H3;. The number of benzene rings is 2. The summed E-state index contributed by atoms with van der Waals surface area (Å²) in [5.74, 6) is 0. The molecule has 3 rings (SSSR count). The summed E-state index contributed by atoms with van der Waals surface area (Å²) in [6.07, 6.45) is 0. The molecule has 3 aromatic rings. The average molecular weight is 630 g/mol. The predicted octanol–water partition coefficient (Wildman–Crippen LogP) is 6.64. The van der Waals surface area contributed by atoms with Crippen LogP contribution in [0.5, 0.6) is 0 Å². The van der Waals surface area contributed by atoms with Crippen molar-refractivity contribution < 1.29 is 23.5 Å². The third-order valence-electron chi connectivity index (χ3n) is 5.01. The van der Waals surface area contributed by atoms with Gasteiger partial charge in [0.1, 0.15) is 0 Å². The molecule has 0 saturated carbocycles. The Morgan fingerprint density at radius 2 is 1.03 bits per heavy atom. The van der Waals surface area contributed by atoms with Gasteiger partial charge in [-0.05, 0) is 26.2 Å². The average Bonchev–Trinajstić information content (AvgIpc) is 2.99. The Hall–Kier alpha value is -1.79. The quantitative estimate of drug-likeness (QED) is 0.280. The zero-order valence-electron chi connectivity index (χ0n) is 19.5. The Kier molecular flexibility index (Phi) is 8.78. The molecule has 6 heteroatoms. The van der Waals surface area contributed by atoms with Gasteiger partial charge in [0.25, 0.3) is 0 Å². The van der Waals surface area contributed by atoms with Crippen LogP contribution in [0, 0.1) is 3.80 Å². The normalized spacial score (nSPS) is 11.5. The van der Waals surface area contributed by atoms with Gasteiger partial charge >= 0.3 is 130 Å². The van der Waals surface area contributed by atoms with Crippen molar-refractivity contribution in [3.63, 3.8) is 0 Å². The van der Waals surface area contributed by atoms with Crippen LogP contribution in [0.4, 0.5) is 0 Å². The summed E-state index contributed by atoms with van der Waals surface area (Å²) in [5.41, 5.74) is 8.92. The molecular weight excluding hydrogens is 596 g/mol. The van der Waals surface area contributed by atoms with Crippen molar-refractivity contribution in [1.29, 1.82) is 0 Å². The summed E-state index contributed by atoms with van der Waals surface area (Å²) in [4.78, 5) is 0. The Morgan fingerprint density at radius 1 is 0.710 bits per heavy atom. The summed E-state index contributed by atoms with van der Waals surface area (Å²) >= 11 is 2.38. The second-order valence-corrected chi connectivity index (χ2v) is 17.6. The molecule has 0 radical (unpaired) electrons. The maximum atomic E-state index is 5.97. The van der Waals surface area contributed by atoms with E-state index in [1.807, 2.05) is 11.4 Å². The van der Waals surface area contributed by atoms with Crippen molar-refractivity contribution in [3.05, 3.63) is 89.0 Å². The summed E-state index contributed by atoms with van der Waals surface area (Å²) in [6, 6.07) is 21.1. The van der Waals surface area contributed by atoms with E-state index in [0.717, 1.165) is 0 Å². The molecule has 0 aliphatic heterocycles. The molecule has 0 atom stereocenters. The maximum absolute atomic E-state index is 5.97. The SMILES string of the molecule is C=C[Si](C)(C)O[Si](C)(C)C=C.Cn1c(-c2ccccc2)c(-c2ccccc2)n(C)[c]1=[Pt]. The second-order valence-electron chi connectivity index (χ2n) is 8.51. The first-order valence-electron chi connectivity index (χ1n) is 10.3. The minimum atomic E-state index is -1.58. The molecule has 3 nitrogen and oxygen atoms in total. The van der Waals surface area contributed by atoms with Gasteiger partial charge in [0.05, 0.1) is 0 Å². The number of rotatable bonds is 6. The Labute approximate surface area is 200 Å². The molecule has 2 aromatic carbocycles. The third-order valence-corrected chi connectivity index (χ3v) is 12.7. The van der Waals surface area contributed by atoms with Gasteiger partial charge in [0, 0.05) is 0 Å². The number of hydrogen-bond donors (Lipinski definition) is 0. The van der Waals surface area contributed by atoms with E-state index in [2.05, 4.69) is 143 Å². The number of hydrogen-bond acceptors (Lipinski definition) is 1. The van der Waals surface area contributed by atoms with Crippen LogP contribution in [-0.4, -0.2) is 25.8 Å². The molecule has 31 heavy (non-hydrogen) atoms. The van der Waals surface area contributed by atoms with Crippen molar-refractivity contribution in [2.75, 3.05) is 0 Å². The number of nitrogens with zero attached hydrogens (tertiary/aromatic N) is 2. The summed E-state index contributed by atoms with van der Waals surface area (Å²) in [6.45, 7) is 16.2. The zero-order valence-corrected chi connectivity index (χ0v) is 23.7. The van der Waals surface area contributed by atoms with Crippen molar-refractivity contribution in [2.45, 2.75) is 26.2 Å². The molecule has 0 fully saturated rings. The van der Waals surface area contributed by atoms with E-state index in [1.54, 1.807) is 0 Å². The first kappa shape index (κ1) is 25.5. The van der Waals surface area contributed by atoms with Crippen LogP contribution in [0.1, 0.15) is 0 Å². The van der Waals surface area contributed by atoms with Crippen LogP contribution in [0.15, 0.2) is 85.2 Å². The molecule has 0 aliphatic rings. The van der Waals surface area contributed by atoms with Crippen LogP contribution in [0.2, 0.25) is 26.2 Å². The minimum absolute atomic E-state index is 1.21. The molecule has 1 heterocycles. The van der Waals surface area contributed by atoms with Crippen molar-refractivity contribution in [3.8, 4) is 22.5 Å². The van der Waals surface area contributed by atoms with E-state index in [4.69, 9.17) is 4.12 Å². The monoisotopic (exact) mass is 629 g/mol. The predicted molar refractivity (Wildman–Crippen MR) is 135 cm³/mol. The van der Waals surface area contributed by atoms with Crippen molar-refractivity contribution >= 4 is 16.6 Å². The van der Waals surface area contributed by atoms with Gasteiger partial charge in [-0.1, -0.05) is 11.4 Å². The topological polar surface area (TPSA) is 19.1 Å². The van der Waals surface area contributed by atoms with E-state index in [0.29, 0.717) is 0 Å². The molecule has 168 valence electrons. The van der Waals surface area contributed by atoms with E-state index < -0.39 is 16.6 Å². The summed E-state index contributed by atoms with van der Waals surface area (Å²) < 4.78 is 11.7. The van der Waals surface area contributed by atoms with Gasteiger partial charge in [-0.15, -0.1) is 13.2 Å². The zero-order chi connectivity index (χ0) is 23.2. The summed E-state index contributed by atoms with van der Waals surface area (Å²) in [7, 11) is 1.09. The molecule has 0 amide bonds. The Morgan fingerprint density at radius 3 is 1.32 bits per heavy atom. The molecule has 0 N–H and O–H groups in total. The van der Waals surface area contributed by atoms with Crippen LogP contribution < -0.4 is 0 Å². The van der Waals surface area contributed by atoms with Crippen LogP contribution >= 0.6 is 0 Å². The van der Waals surface area contributed by atoms with Gasteiger partial charge in [-0.2, -0.15) is 0 Å². The fraction of sp³-hybridized carbons (Fsp3) is 0.240. The fourth-order valence-electron chi connectivity index (χ4n) is 3.33. The molecule has 0 saturated heterocycles. The number of imidazole rings is 1. The van der Waals surface area contributed by atoms with Gasteiger partial charge < -0.3 is 4.12 Å². The summed E-state index contributed by atoms with van der Waals surface area (Å²) in [5, 5.41) is 0. The second kappa shape index (κ2) is 10.7. The Balaban J connectivity index is 0.000000267. The molecule has 0 unspecified atom stereocenters. The van der Waals surface area contributed by atoms with E-state index in [-0.39, 0.29) is 0 Å². The van der Waals surface area contributed by atoms with E-state index in [9.17, 15) is 0 Å². The van der Waals surface area contributed by atoms with Crippen LogP contribution in [0.3, 0.4) is 0 Å². The van der Waals surface area contributed by atoms with Gasteiger partial charge in [-0.3, -0.25) is 0 Å². The van der Waals surface area contributed by atoms with Gasteiger partial charge in [-0.25, -0.2) is 0 Å². The van der Waals surface area contributed by atoms with Gasteiger partial charge in [0.2, 0.25) is 0 Å².